The lowest BCUT2D eigenvalue weighted by Crippen LogP contribution is -2.56. The van der Waals surface area contributed by atoms with E-state index in [0.29, 0.717) is 5.56 Å². The van der Waals surface area contributed by atoms with Gasteiger partial charge in [0.1, 0.15) is 0 Å². The molecule has 0 unspecified atom stereocenters. The summed E-state index contributed by atoms with van der Waals surface area (Å²) >= 11 is 0. The lowest BCUT2D eigenvalue weighted by molar-refractivity contribution is -0.144. The van der Waals surface area contributed by atoms with E-state index in [0.717, 1.165) is 12.0 Å². The molecule has 0 aliphatic heterocycles. The first-order chi connectivity index (χ1) is 9.24. The molecule has 0 bridgehead atoms. The topological polar surface area (TPSA) is 71.4 Å². The normalized spacial score (nSPS) is 26.1. The molecule has 0 radical (unpaired) electrons. The van der Waals surface area contributed by atoms with Crippen molar-refractivity contribution in [2.24, 2.45) is 5.92 Å². The molecule has 2 rings (SSSR count). The highest BCUT2D eigenvalue weighted by atomic mass is 32.2. The number of rotatable bonds is 4. The second kappa shape index (κ2) is 4.88. The minimum atomic E-state index is -3.86. The fourth-order valence-electron chi connectivity index (χ4n) is 2.88. The van der Waals surface area contributed by atoms with Crippen molar-refractivity contribution in [2.75, 3.05) is 0 Å². The maximum absolute atomic E-state index is 12.8. The highest BCUT2D eigenvalue weighted by Gasteiger charge is 2.60. The smallest absolute Gasteiger partial charge is 0.325 e. The molecule has 20 heavy (non-hydrogen) atoms. The van der Waals surface area contributed by atoms with Crippen LogP contribution in [0.5, 0.6) is 0 Å². The Morgan fingerprint density at radius 2 is 1.95 bits per heavy atom. The van der Waals surface area contributed by atoms with Crippen molar-refractivity contribution in [3.05, 3.63) is 29.3 Å². The van der Waals surface area contributed by atoms with E-state index in [1.54, 1.807) is 19.1 Å². The zero-order valence-corrected chi connectivity index (χ0v) is 12.8. The number of carbonyl (C=O) groups is 1. The highest BCUT2D eigenvalue weighted by molar-refractivity contribution is 7.93. The largest absolute Gasteiger partial charge is 0.480 e. The van der Waals surface area contributed by atoms with Gasteiger partial charge in [-0.1, -0.05) is 25.5 Å². The molecule has 110 valence electrons. The van der Waals surface area contributed by atoms with Crippen molar-refractivity contribution in [2.45, 2.75) is 49.7 Å². The van der Waals surface area contributed by atoms with E-state index in [-0.39, 0.29) is 23.7 Å². The van der Waals surface area contributed by atoms with Crippen molar-refractivity contribution in [3.8, 4) is 0 Å². The van der Waals surface area contributed by atoms with Crippen LogP contribution in [0, 0.1) is 19.8 Å². The summed E-state index contributed by atoms with van der Waals surface area (Å²) in [6.45, 7) is 5.47. The lowest BCUT2D eigenvalue weighted by Gasteiger charge is -2.43. The van der Waals surface area contributed by atoms with Gasteiger partial charge >= 0.3 is 5.97 Å². The van der Waals surface area contributed by atoms with Crippen LogP contribution in [-0.4, -0.2) is 24.2 Å². The van der Waals surface area contributed by atoms with Crippen molar-refractivity contribution in [3.63, 3.8) is 0 Å². The van der Waals surface area contributed by atoms with Gasteiger partial charge in [-0.2, -0.15) is 0 Å². The van der Waals surface area contributed by atoms with Crippen LogP contribution in [0.3, 0.4) is 0 Å². The van der Waals surface area contributed by atoms with Gasteiger partial charge in [0.25, 0.3) is 0 Å². The Morgan fingerprint density at radius 1 is 1.35 bits per heavy atom. The number of aryl methyl sites for hydroxylation is 2. The summed E-state index contributed by atoms with van der Waals surface area (Å²) < 4.78 is 24.0. The SMILES string of the molecule is CCC1CC(C(=O)O)(S(=O)(=O)c2cc(C)ccc2C)C1. The molecule has 1 aromatic carbocycles. The van der Waals surface area contributed by atoms with Gasteiger partial charge in [-0.25, -0.2) is 8.42 Å². The van der Waals surface area contributed by atoms with Crippen LogP contribution in [0.4, 0.5) is 0 Å². The average molecular weight is 296 g/mol. The van der Waals surface area contributed by atoms with Crippen molar-refractivity contribution in [1.82, 2.24) is 0 Å². The molecule has 1 aliphatic carbocycles. The number of carboxylic acid groups (broad SMARTS) is 1. The number of hydrogen-bond donors (Lipinski definition) is 1. The molecule has 0 saturated heterocycles. The van der Waals surface area contributed by atoms with Crippen LogP contribution in [0.25, 0.3) is 0 Å². The minimum absolute atomic E-state index is 0.162. The molecule has 4 nitrogen and oxygen atoms in total. The van der Waals surface area contributed by atoms with Gasteiger partial charge in [-0.15, -0.1) is 0 Å². The fourth-order valence-corrected chi connectivity index (χ4v) is 5.27. The van der Waals surface area contributed by atoms with E-state index in [9.17, 15) is 18.3 Å². The summed E-state index contributed by atoms with van der Waals surface area (Å²) in [4.78, 5) is 11.8. The van der Waals surface area contributed by atoms with E-state index in [1.165, 1.54) is 0 Å². The van der Waals surface area contributed by atoms with E-state index in [1.807, 2.05) is 19.9 Å². The molecule has 0 atom stereocenters. The van der Waals surface area contributed by atoms with Crippen LogP contribution >= 0.6 is 0 Å². The molecular formula is C15H20O4S. The zero-order valence-electron chi connectivity index (χ0n) is 12.0. The molecule has 5 heteroatoms. The summed E-state index contributed by atoms with van der Waals surface area (Å²) in [7, 11) is -3.86. The first-order valence-electron chi connectivity index (χ1n) is 6.80. The Balaban J connectivity index is 2.54. The Bertz CT molecular complexity index is 640. The van der Waals surface area contributed by atoms with Gasteiger partial charge in [0.05, 0.1) is 4.90 Å². The van der Waals surface area contributed by atoms with Crippen molar-refractivity contribution >= 4 is 15.8 Å². The quantitative estimate of drug-likeness (QED) is 0.927. The standard InChI is InChI=1S/C15H20O4S/c1-4-12-8-15(9-12,14(16)17)20(18,19)13-7-10(2)5-6-11(13)3/h5-7,12H,4,8-9H2,1-3H3,(H,16,17). The summed E-state index contributed by atoms with van der Waals surface area (Å²) in [5.74, 6) is -1.03. The first-order valence-corrected chi connectivity index (χ1v) is 8.28. The summed E-state index contributed by atoms with van der Waals surface area (Å²) in [5.41, 5.74) is 1.43. The summed E-state index contributed by atoms with van der Waals surface area (Å²) in [6.07, 6.45) is 1.25. The Kier molecular flexibility index (Phi) is 3.67. The molecular weight excluding hydrogens is 276 g/mol. The molecule has 1 aromatic rings. The number of carboxylic acids is 1. The Morgan fingerprint density at radius 3 is 2.45 bits per heavy atom. The van der Waals surface area contributed by atoms with Gasteiger partial charge in [0.2, 0.25) is 0 Å². The predicted molar refractivity (Wildman–Crippen MR) is 76.5 cm³/mol. The molecule has 1 aliphatic rings. The van der Waals surface area contributed by atoms with Crippen LogP contribution in [0.2, 0.25) is 0 Å². The minimum Gasteiger partial charge on any atom is -0.480 e. The molecule has 0 aromatic heterocycles. The summed E-state index contributed by atoms with van der Waals surface area (Å²) in [5, 5.41) is 9.48. The van der Waals surface area contributed by atoms with Gasteiger partial charge < -0.3 is 5.11 Å². The third-order valence-corrected chi connectivity index (χ3v) is 6.91. The van der Waals surface area contributed by atoms with Gasteiger partial charge in [-0.3, -0.25) is 4.79 Å². The van der Waals surface area contributed by atoms with Crippen LogP contribution in [-0.2, 0) is 14.6 Å². The van der Waals surface area contributed by atoms with Crippen molar-refractivity contribution in [1.29, 1.82) is 0 Å². The van der Waals surface area contributed by atoms with Crippen molar-refractivity contribution < 1.29 is 18.3 Å². The van der Waals surface area contributed by atoms with Crippen LogP contribution in [0.1, 0.15) is 37.3 Å². The van der Waals surface area contributed by atoms with Gasteiger partial charge in [0, 0.05) is 0 Å². The third-order valence-electron chi connectivity index (χ3n) is 4.35. The van der Waals surface area contributed by atoms with Crippen LogP contribution < -0.4 is 0 Å². The molecule has 1 saturated carbocycles. The number of hydrogen-bond acceptors (Lipinski definition) is 3. The molecule has 1 fully saturated rings. The molecule has 0 spiro atoms. The first kappa shape index (κ1) is 15.0. The monoisotopic (exact) mass is 296 g/mol. The number of aliphatic carboxylic acids is 1. The van der Waals surface area contributed by atoms with Crippen LogP contribution in [0.15, 0.2) is 23.1 Å². The molecule has 1 N–H and O–H groups in total. The predicted octanol–water partition coefficient (Wildman–Crippen LogP) is 2.72. The maximum Gasteiger partial charge on any atom is 0.325 e. The highest BCUT2D eigenvalue weighted by Crippen LogP contribution is 2.48. The number of benzene rings is 1. The second-order valence-electron chi connectivity index (χ2n) is 5.75. The third kappa shape index (κ3) is 2.04. The zero-order chi connectivity index (χ0) is 15.1. The van der Waals surface area contributed by atoms with Gasteiger partial charge in [0.15, 0.2) is 14.6 Å². The number of sulfone groups is 1. The Hall–Kier alpha value is -1.36. The second-order valence-corrected chi connectivity index (χ2v) is 7.98. The van der Waals surface area contributed by atoms with E-state index in [4.69, 9.17) is 0 Å². The molecule has 0 heterocycles. The molecule has 0 amide bonds. The Labute approximate surface area is 119 Å². The van der Waals surface area contributed by atoms with Gasteiger partial charge in [-0.05, 0) is 49.8 Å². The lowest BCUT2D eigenvalue weighted by atomic mass is 9.73. The van der Waals surface area contributed by atoms with E-state index >= 15 is 0 Å². The van der Waals surface area contributed by atoms with E-state index in [2.05, 4.69) is 0 Å². The summed E-state index contributed by atoms with van der Waals surface area (Å²) in [6, 6.07) is 5.14. The fraction of sp³-hybridized carbons (Fsp3) is 0.533. The maximum atomic E-state index is 12.8. The van der Waals surface area contributed by atoms with E-state index < -0.39 is 20.6 Å². The average Bonchev–Trinajstić information content (AvgIpc) is 2.30.